The van der Waals surface area contributed by atoms with Gasteiger partial charge in [0.1, 0.15) is 0 Å². The minimum Gasteiger partial charge on any atom is -0.339 e. The van der Waals surface area contributed by atoms with Gasteiger partial charge in [-0.15, -0.1) is 0 Å². The Morgan fingerprint density at radius 2 is 1.95 bits per heavy atom. The highest BCUT2D eigenvalue weighted by Crippen LogP contribution is 2.43. The van der Waals surface area contributed by atoms with Crippen molar-refractivity contribution >= 4 is 5.91 Å². The fourth-order valence-corrected chi connectivity index (χ4v) is 3.65. The molecule has 2 fully saturated rings. The third-order valence-corrected chi connectivity index (χ3v) is 4.78. The van der Waals surface area contributed by atoms with E-state index in [4.69, 9.17) is 5.73 Å². The predicted octanol–water partition coefficient (Wildman–Crippen LogP) is 2.55. The molecule has 3 nitrogen and oxygen atoms in total. The Morgan fingerprint density at radius 3 is 2.50 bits per heavy atom. The number of carbonyl (C=O) groups is 1. The van der Waals surface area contributed by atoms with Gasteiger partial charge in [0.05, 0.1) is 5.92 Å². The zero-order valence-corrected chi connectivity index (χ0v) is 11.8. The van der Waals surface area contributed by atoms with Crippen LogP contribution in [0.2, 0.25) is 0 Å². The molecule has 4 unspecified atom stereocenters. The van der Waals surface area contributed by atoms with E-state index in [1.807, 2.05) is 6.92 Å². The van der Waals surface area contributed by atoms with Gasteiger partial charge in [0.15, 0.2) is 0 Å². The Morgan fingerprint density at radius 1 is 1.30 bits per heavy atom. The first-order chi connectivity index (χ1) is 9.34. The lowest BCUT2D eigenvalue weighted by Gasteiger charge is -2.35. The molecule has 4 atom stereocenters. The van der Waals surface area contributed by atoms with Gasteiger partial charge in [-0.25, -0.2) is 0 Å². The van der Waals surface area contributed by atoms with Crippen molar-refractivity contribution in [1.29, 1.82) is 0 Å². The Labute approximate surface area is 117 Å². The number of nitrogens with zero attached hydrogens (tertiary/aromatic N) is 1. The van der Waals surface area contributed by atoms with Gasteiger partial charge in [-0.2, -0.15) is 13.2 Å². The van der Waals surface area contributed by atoms with Crippen LogP contribution < -0.4 is 5.73 Å². The maximum atomic E-state index is 13.1. The van der Waals surface area contributed by atoms with Gasteiger partial charge >= 0.3 is 6.18 Å². The summed E-state index contributed by atoms with van der Waals surface area (Å²) in [5, 5.41) is 0. The summed E-state index contributed by atoms with van der Waals surface area (Å²) in [6, 6.07) is 0.00635. The first-order valence-corrected chi connectivity index (χ1v) is 7.41. The van der Waals surface area contributed by atoms with E-state index in [9.17, 15) is 18.0 Å². The number of halogens is 3. The quantitative estimate of drug-likeness (QED) is 0.850. The second-order valence-corrected chi connectivity index (χ2v) is 6.22. The van der Waals surface area contributed by atoms with Gasteiger partial charge in [0, 0.05) is 18.5 Å². The largest absolute Gasteiger partial charge is 0.392 e. The molecule has 1 amide bonds. The van der Waals surface area contributed by atoms with Crippen molar-refractivity contribution in [3.8, 4) is 0 Å². The van der Waals surface area contributed by atoms with Crippen molar-refractivity contribution in [3.05, 3.63) is 0 Å². The molecule has 0 aromatic carbocycles. The minimum absolute atomic E-state index is 0.00635. The van der Waals surface area contributed by atoms with E-state index in [1.165, 1.54) is 0 Å². The lowest BCUT2D eigenvalue weighted by Crippen LogP contribution is -2.46. The molecular weight excluding hydrogens is 269 g/mol. The summed E-state index contributed by atoms with van der Waals surface area (Å²) in [7, 11) is 0. The molecule has 116 valence electrons. The molecule has 0 aromatic heterocycles. The van der Waals surface area contributed by atoms with Crippen LogP contribution in [-0.2, 0) is 4.79 Å². The lowest BCUT2D eigenvalue weighted by molar-refractivity contribution is -0.201. The number of hydrogen-bond acceptors (Lipinski definition) is 2. The van der Waals surface area contributed by atoms with Gasteiger partial charge in [-0.3, -0.25) is 4.79 Å². The van der Waals surface area contributed by atoms with Gasteiger partial charge in [-0.1, -0.05) is 12.8 Å². The SMILES string of the molecule is CC1CC(CN)CN1C(=O)C1CCCCC1C(F)(F)F. The van der Waals surface area contributed by atoms with E-state index in [0.29, 0.717) is 32.4 Å². The zero-order valence-electron chi connectivity index (χ0n) is 11.8. The molecule has 1 heterocycles. The molecule has 1 saturated heterocycles. The number of alkyl halides is 3. The fourth-order valence-electron chi connectivity index (χ4n) is 3.65. The molecular formula is C14H23F3N2O. The van der Waals surface area contributed by atoms with E-state index in [1.54, 1.807) is 4.90 Å². The number of carbonyl (C=O) groups excluding carboxylic acids is 1. The molecule has 20 heavy (non-hydrogen) atoms. The van der Waals surface area contributed by atoms with Crippen LogP contribution in [0.3, 0.4) is 0 Å². The number of nitrogens with two attached hydrogens (primary N) is 1. The number of likely N-dealkylation sites (tertiary alicyclic amines) is 1. The van der Waals surface area contributed by atoms with Crippen LogP contribution in [0.25, 0.3) is 0 Å². The van der Waals surface area contributed by atoms with Crippen LogP contribution >= 0.6 is 0 Å². The average Bonchev–Trinajstić information content (AvgIpc) is 2.78. The van der Waals surface area contributed by atoms with Crippen LogP contribution in [0.5, 0.6) is 0 Å². The average molecular weight is 292 g/mol. The number of amides is 1. The maximum absolute atomic E-state index is 13.1. The van der Waals surface area contributed by atoms with Crippen molar-refractivity contribution in [3.63, 3.8) is 0 Å². The Balaban J connectivity index is 2.10. The van der Waals surface area contributed by atoms with E-state index in [0.717, 1.165) is 6.42 Å². The molecule has 6 heteroatoms. The lowest BCUT2D eigenvalue weighted by atomic mass is 9.78. The van der Waals surface area contributed by atoms with E-state index >= 15 is 0 Å². The van der Waals surface area contributed by atoms with Crippen molar-refractivity contribution in [2.75, 3.05) is 13.1 Å². The third kappa shape index (κ3) is 3.10. The van der Waals surface area contributed by atoms with E-state index in [2.05, 4.69) is 0 Å². The minimum atomic E-state index is -4.27. The van der Waals surface area contributed by atoms with Crippen molar-refractivity contribution in [2.45, 2.75) is 51.2 Å². The molecule has 0 spiro atoms. The summed E-state index contributed by atoms with van der Waals surface area (Å²) < 4.78 is 39.3. The molecule has 2 rings (SSSR count). The molecule has 2 aliphatic rings. The van der Waals surface area contributed by atoms with Crippen molar-refractivity contribution in [1.82, 2.24) is 4.90 Å². The normalized spacial score (nSPS) is 35.4. The highest BCUT2D eigenvalue weighted by Gasteiger charge is 2.50. The van der Waals surface area contributed by atoms with Crippen molar-refractivity contribution < 1.29 is 18.0 Å². The van der Waals surface area contributed by atoms with Gasteiger partial charge in [0.25, 0.3) is 0 Å². The van der Waals surface area contributed by atoms with Crippen LogP contribution in [0.4, 0.5) is 13.2 Å². The van der Waals surface area contributed by atoms with Crippen LogP contribution in [0, 0.1) is 17.8 Å². The summed E-state index contributed by atoms with van der Waals surface area (Å²) in [6.07, 6.45) is -1.74. The van der Waals surface area contributed by atoms with E-state index in [-0.39, 0.29) is 24.3 Å². The highest BCUT2D eigenvalue weighted by molar-refractivity contribution is 5.80. The molecule has 1 aliphatic heterocycles. The first kappa shape index (κ1) is 15.6. The van der Waals surface area contributed by atoms with Crippen LogP contribution in [-0.4, -0.2) is 36.1 Å². The first-order valence-electron chi connectivity index (χ1n) is 7.41. The van der Waals surface area contributed by atoms with Gasteiger partial charge in [-0.05, 0) is 38.6 Å². The van der Waals surface area contributed by atoms with E-state index < -0.39 is 18.0 Å². The fraction of sp³-hybridized carbons (Fsp3) is 0.929. The topological polar surface area (TPSA) is 46.3 Å². The predicted molar refractivity (Wildman–Crippen MR) is 69.8 cm³/mol. The summed E-state index contributed by atoms with van der Waals surface area (Å²) in [5.41, 5.74) is 5.62. The second kappa shape index (κ2) is 5.92. The molecule has 0 aromatic rings. The summed E-state index contributed by atoms with van der Waals surface area (Å²) in [6.45, 7) is 2.90. The highest BCUT2D eigenvalue weighted by atomic mass is 19.4. The molecule has 2 N–H and O–H groups in total. The summed E-state index contributed by atoms with van der Waals surface area (Å²) in [5.74, 6) is -2.44. The second-order valence-electron chi connectivity index (χ2n) is 6.22. The van der Waals surface area contributed by atoms with Crippen LogP contribution in [0.1, 0.15) is 39.0 Å². The Kier molecular flexibility index (Phi) is 4.62. The smallest absolute Gasteiger partial charge is 0.339 e. The standard InChI is InChI=1S/C14H23F3N2O/c1-9-6-10(7-18)8-19(9)13(20)11-4-2-3-5-12(11)14(15,16)17/h9-12H,2-8,18H2,1H3. The maximum Gasteiger partial charge on any atom is 0.392 e. The third-order valence-electron chi connectivity index (χ3n) is 4.78. The number of hydrogen-bond donors (Lipinski definition) is 1. The zero-order chi connectivity index (χ0) is 14.9. The molecule has 0 bridgehead atoms. The summed E-state index contributed by atoms with van der Waals surface area (Å²) >= 11 is 0. The van der Waals surface area contributed by atoms with Gasteiger partial charge < -0.3 is 10.6 Å². The molecule has 0 radical (unpaired) electrons. The van der Waals surface area contributed by atoms with Crippen LogP contribution in [0.15, 0.2) is 0 Å². The molecule has 1 saturated carbocycles. The molecule has 1 aliphatic carbocycles. The summed E-state index contributed by atoms with van der Waals surface area (Å²) in [4.78, 5) is 14.1. The number of rotatable bonds is 2. The van der Waals surface area contributed by atoms with Gasteiger partial charge in [0.2, 0.25) is 5.91 Å². The Bertz CT molecular complexity index is 359. The monoisotopic (exact) mass is 292 g/mol. The van der Waals surface area contributed by atoms with Crippen molar-refractivity contribution in [2.24, 2.45) is 23.5 Å². The Hall–Kier alpha value is -0.780.